The molecule has 11 heteroatoms. The minimum atomic E-state index is -0.466. The third-order valence-corrected chi connectivity index (χ3v) is 3.91. The van der Waals surface area contributed by atoms with E-state index in [1.807, 2.05) is 6.92 Å². The van der Waals surface area contributed by atoms with Crippen LogP contribution in [0.2, 0.25) is 0 Å². The molecule has 3 heterocycles. The smallest absolute Gasteiger partial charge is 0.274 e. The molecule has 0 aliphatic carbocycles. The Morgan fingerprint density at radius 3 is 1.67 bits per heavy atom. The summed E-state index contributed by atoms with van der Waals surface area (Å²) in [6.45, 7) is 1.68. The van der Waals surface area contributed by atoms with Crippen LogP contribution in [0.3, 0.4) is 0 Å². The number of imide groups is 1. The Bertz CT molecular complexity index is 1100. The number of aryl methyl sites for hydroxylation is 1. The summed E-state index contributed by atoms with van der Waals surface area (Å²) in [7, 11) is 0. The minimum Gasteiger partial charge on any atom is -0.310 e. The van der Waals surface area contributed by atoms with Gasteiger partial charge in [-0.3, -0.25) is 24.1 Å². The highest BCUT2D eigenvalue weighted by Crippen LogP contribution is 2.23. The van der Waals surface area contributed by atoms with Crippen molar-refractivity contribution in [1.29, 1.82) is 0 Å². The number of benzene rings is 1. The van der Waals surface area contributed by atoms with Crippen LogP contribution in [-0.2, 0) is 13.0 Å². The number of H-pyrrole nitrogens is 2. The molecule has 0 radical (unpaired) electrons. The zero-order chi connectivity index (χ0) is 20.1. The number of nitrogens with one attached hydrogen (secondary N) is 2. The summed E-state index contributed by atoms with van der Waals surface area (Å²) in [6, 6.07) is 6.53. The van der Waals surface area contributed by atoms with Gasteiger partial charge in [0.1, 0.15) is 24.0 Å². The third-order valence-electron chi connectivity index (χ3n) is 3.91. The maximum atomic E-state index is 12.1. The van der Waals surface area contributed by atoms with Crippen molar-refractivity contribution in [3.05, 3.63) is 80.1 Å². The van der Waals surface area contributed by atoms with Gasteiger partial charge in [0.05, 0.1) is 17.7 Å². The largest absolute Gasteiger partial charge is 0.310 e. The fraction of sp³-hybridized carbons (Fsp3) is 0.263. The Balaban J connectivity index is 0.000000351. The number of rotatable bonds is 3. The molecule has 2 aromatic heterocycles. The highest BCUT2D eigenvalue weighted by molar-refractivity contribution is 6.21. The van der Waals surface area contributed by atoms with Gasteiger partial charge in [0.25, 0.3) is 22.9 Å². The van der Waals surface area contributed by atoms with E-state index in [9.17, 15) is 19.2 Å². The highest BCUT2D eigenvalue weighted by atomic mass is 16.2. The van der Waals surface area contributed by atoms with Crippen LogP contribution in [0.5, 0.6) is 0 Å². The Morgan fingerprint density at radius 2 is 1.27 bits per heavy atom. The summed E-state index contributed by atoms with van der Waals surface area (Å²) in [6.07, 6.45) is 3.05. The van der Waals surface area contributed by atoms with E-state index in [0.717, 1.165) is 11.2 Å². The van der Waals surface area contributed by atoms with Crippen LogP contribution in [0.1, 0.15) is 53.9 Å². The predicted octanol–water partition coefficient (Wildman–Crippen LogP) is 0.961. The lowest BCUT2D eigenvalue weighted by Crippen LogP contribution is -2.32. The molecule has 1 aliphatic heterocycles. The summed E-state index contributed by atoms with van der Waals surface area (Å²) in [5.74, 6) is -0.851. The summed E-state index contributed by atoms with van der Waals surface area (Å²) >= 11 is 0. The Kier molecular flexibility index (Phi) is 8.41. The van der Waals surface area contributed by atoms with Crippen LogP contribution < -0.4 is 11.1 Å². The van der Waals surface area contributed by atoms with Crippen molar-refractivity contribution in [3.63, 3.8) is 0 Å². The molecular formula is C19H23N7O4. The number of aromatic nitrogens is 6. The van der Waals surface area contributed by atoms with Crippen LogP contribution >= 0.6 is 0 Å². The first-order chi connectivity index (χ1) is 13.5. The van der Waals surface area contributed by atoms with E-state index in [1.54, 1.807) is 24.3 Å². The lowest BCUT2D eigenvalue weighted by Gasteiger charge is -2.11. The van der Waals surface area contributed by atoms with Crippen LogP contribution in [0, 0.1) is 0 Å². The average molecular weight is 413 g/mol. The Morgan fingerprint density at radius 1 is 0.800 bits per heavy atom. The van der Waals surface area contributed by atoms with Crippen molar-refractivity contribution in [2.45, 2.75) is 34.7 Å². The first kappa shape index (κ1) is 24.0. The molecular weight excluding hydrogens is 390 g/mol. The second kappa shape index (κ2) is 10.5. The van der Waals surface area contributed by atoms with Gasteiger partial charge in [0.15, 0.2) is 0 Å². The normalized spacial score (nSPS) is 11.6. The van der Waals surface area contributed by atoms with E-state index in [2.05, 4.69) is 30.4 Å². The summed E-state index contributed by atoms with van der Waals surface area (Å²) in [5, 5.41) is 14.3. The van der Waals surface area contributed by atoms with E-state index < -0.39 is 17.4 Å². The van der Waals surface area contributed by atoms with Crippen molar-refractivity contribution in [3.8, 4) is 0 Å². The first-order valence-electron chi connectivity index (χ1n) is 8.26. The standard InChI is InChI=1S/C12H8N4O3.C5H7N3O.2CH4/c17-10-9(15-14-6-13-10)5-16-11(18)7-3-1-2-4-8(7)12(16)19;1-2-4-5(9)6-3-7-8-4;;/h1-4,6H,5H2,(H,13,14,17);3H,2H2,1H3,(H,6,7,9);2*1H4. The lowest BCUT2D eigenvalue weighted by atomic mass is 10.1. The second-order valence-electron chi connectivity index (χ2n) is 5.63. The maximum absolute atomic E-state index is 12.1. The zero-order valence-corrected chi connectivity index (χ0v) is 14.7. The number of nitrogens with zero attached hydrogens (tertiary/aromatic N) is 5. The average Bonchev–Trinajstić information content (AvgIpc) is 2.96. The summed E-state index contributed by atoms with van der Waals surface area (Å²) < 4.78 is 0. The summed E-state index contributed by atoms with van der Waals surface area (Å²) in [4.78, 5) is 52.1. The fourth-order valence-corrected chi connectivity index (χ4v) is 2.50. The van der Waals surface area contributed by atoms with Gasteiger partial charge in [-0.1, -0.05) is 33.9 Å². The van der Waals surface area contributed by atoms with Gasteiger partial charge >= 0.3 is 0 Å². The molecule has 11 nitrogen and oxygen atoms in total. The van der Waals surface area contributed by atoms with Crippen molar-refractivity contribution >= 4 is 11.8 Å². The molecule has 4 rings (SSSR count). The predicted molar refractivity (Wildman–Crippen MR) is 109 cm³/mol. The van der Waals surface area contributed by atoms with E-state index in [1.165, 1.54) is 6.33 Å². The molecule has 1 aliphatic rings. The molecule has 0 saturated heterocycles. The van der Waals surface area contributed by atoms with Gasteiger partial charge in [-0.25, -0.2) is 0 Å². The van der Waals surface area contributed by atoms with E-state index >= 15 is 0 Å². The molecule has 2 amide bonds. The molecule has 30 heavy (non-hydrogen) atoms. The lowest BCUT2D eigenvalue weighted by molar-refractivity contribution is 0.0639. The van der Waals surface area contributed by atoms with Crippen molar-refractivity contribution < 1.29 is 9.59 Å². The highest BCUT2D eigenvalue weighted by Gasteiger charge is 2.35. The zero-order valence-electron chi connectivity index (χ0n) is 14.7. The second-order valence-corrected chi connectivity index (χ2v) is 5.63. The number of amides is 2. The summed E-state index contributed by atoms with van der Waals surface area (Å²) in [5.41, 5.74) is 0.578. The van der Waals surface area contributed by atoms with Crippen LogP contribution in [-0.4, -0.2) is 47.1 Å². The number of fused-ring (bicyclic) bond motifs is 1. The topological polar surface area (TPSA) is 155 Å². The first-order valence-corrected chi connectivity index (χ1v) is 8.26. The Hall–Kier alpha value is -4.02. The molecule has 1 aromatic carbocycles. The van der Waals surface area contributed by atoms with Crippen LogP contribution in [0.25, 0.3) is 0 Å². The van der Waals surface area contributed by atoms with E-state index in [0.29, 0.717) is 23.2 Å². The number of carbonyl (C=O) groups excluding carboxylic acids is 2. The molecule has 0 fully saturated rings. The number of hydrogen-bond acceptors (Lipinski definition) is 8. The van der Waals surface area contributed by atoms with Gasteiger partial charge in [-0.05, 0) is 18.6 Å². The molecule has 158 valence electrons. The fourth-order valence-electron chi connectivity index (χ4n) is 2.50. The van der Waals surface area contributed by atoms with Crippen molar-refractivity contribution in [1.82, 2.24) is 35.3 Å². The van der Waals surface area contributed by atoms with Gasteiger partial charge in [-0.15, -0.1) is 20.4 Å². The Labute approximate surface area is 172 Å². The molecule has 0 saturated carbocycles. The van der Waals surface area contributed by atoms with Gasteiger partial charge < -0.3 is 9.97 Å². The van der Waals surface area contributed by atoms with E-state index in [-0.39, 0.29) is 32.7 Å². The number of aromatic amines is 2. The van der Waals surface area contributed by atoms with Crippen molar-refractivity contribution in [2.75, 3.05) is 0 Å². The van der Waals surface area contributed by atoms with Gasteiger partial charge in [-0.2, -0.15) is 0 Å². The van der Waals surface area contributed by atoms with E-state index in [4.69, 9.17) is 0 Å². The molecule has 2 N–H and O–H groups in total. The monoisotopic (exact) mass is 413 g/mol. The molecule has 0 bridgehead atoms. The number of carbonyl (C=O) groups is 2. The minimum absolute atomic E-state index is 0. The maximum Gasteiger partial charge on any atom is 0.274 e. The molecule has 3 aromatic rings. The van der Waals surface area contributed by atoms with Crippen LogP contribution in [0.15, 0.2) is 46.5 Å². The van der Waals surface area contributed by atoms with Gasteiger partial charge in [0, 0.05) is 0 Å². The molecule has 0 unspecified atom stereocenters. The van der Waals surface area contributed by atoms with Crippen LogP contribution in [0.4, 0.5) is 0 Å². The van der Waals surface area contributed by atoms with Gasteiger partial charge in [0.2, 0.25) is 0 Å². The molecule has 0 spiro atoms. The quantitative estimate of drug-likeness (QED) is 0.602. The van der Waals surface area contributed by atoms with Crippen molar-refractivity contribution in [2.24, 2.45) is 0 Å². The number of hydrogen-bond donors (Lipinski definition) is 2. The molecule has 0 atom stereocenters. The third kappa shape index (κ3) is 4.87. The SMILES string of the molecule is C.C.CCc1nnc[nH]c1=O.O=C1c2ccccc2C(=O)N1Cc1nnc[nH]c1=O.